The quantitative estimate of drug-likeness (QED) is 0.560. The van der Waals surface area contributed by atoms with Crippen LogP contribution in [0.5, 0.6) is 0 Å². The highest BCUT2D eigenvalue weighted by molar-refractivity contribution is 7.91. The van der Waals surface area contributed by atoms with Gasteiger partial charge in [-0.15, -0.1) is 0 Å². The molecule has 0 aliphatic carbocycles. The topological polar surface area (TPSA) is 114 Å². The molecule has 9 heteroatoms. The first kappa shape index (κ1) is 20.0. The number of benzene rings is 1. The summed E-state index contributed by atoms with van der Waals surface area (Å²) in [5.41, 5.74) is 5.85. The number of rotatable bonds is 6. The maximum absolute atomic E-state index is 12.2. The highest BCUT2D eigenvalue weighted by Gasteiger charge is 2.23. The second-order valence-electron chi connectivity index (χ2n) is 6.00. The predicted molar refractivity (Wildman–Crippen MR) is 99.7 cm³/mol. The third kappa shape index (κ3) is 5.91. The van der Waals surface area contributed by atoms with E-state index in [0.717, 1.165) is 12.8 Å². The third-order valence-corrected chi connectivity index (χ3v) is 5.83. The zero-order valence-corrected chi connectivity index (χ0v) is 15.7. The molecule has 0 radical (unpaired) electrons. The zero-order chi connectivity index (χ0) is 19.0. The van der Waals surface area contributed by atoms with Crippen molar-refractivity contribution in [3.05, 3.63) is 30.3 Å². The summed E-state index contributed by atoms with van der Waals surface area (Å²) < 4.78 is 29.3. The van der Waals surface area contributed by atoms with Crippen LogP contribution in [0.25, 0.3) is 0 Å². The van der Waals surface area contributed by atoms with Gasteiger partial charge in [0.2, 0.25) is 0 Å². The van der Waals surface area contributed by atoms with Gasteiger partial charge in [0.1, 0.15) is 0 Å². The lowest BCUT2D eigenvalue weighted by atomic mass is 10.1. The number of carbonyl (C=O) groups is 1. The molecule has 144 valence electrons. The van der Waals surface area contributed by atoms with Crippen LogP contribution in [0.2, 0.25) is 0 Å². The number of likely N-dealkylation sites (tertiary alicyclic amines) is 1. The summed E-state index contributed by atoms with van der Waals surface area (Å²) in [6, 6.07) is 8.39. The molecule has 0 atom stereocenters. The minimum atomic E-state index is -3.36. The van der Waals surface area contributed by atoms with Crippen molar-refractivity contribution in [3.8, 4) is 0 Å². The van der Waals surface area contributed by atoms with E-state index in [4.69, 9.17) is 10.5 Å². The Morgan fingerprint density at radius 3 is 2.58 bits per heavy atom. The summed E-state index contributed by atoms with van der Waals surface area (Å²) in [5, 5.41) is 3.09. The van der Waals surface area contributed by atoms with Crippen molar-refractivity contribution in [2.24, 2.45) is 10.7 Å². The average molecular weight is 382 g/mol. The van der Waals surface area contributed by atoms with Crippen molar-refractivity contribution >= 4 is 21.9 Å². The molecule has 1 fully saturated rings. The van der Waals surface area contributed by atoms with Gasteiger partial charge in [-0.1, -0.05) is 18.2 Å². The highest BCUT2D eigenvalue weighted by Crippen LogP contribution is 2.12. The summed E-state index contributed by atoms with van der Waals surface area (Å²) in [6.07, 6.45) is 1.17. The van der Waals surface area contributed by atoms with Crippen molar-refractivity contribution in [2.45, 2.75) is 30.7 Å². The van der Waals surface area contributed by atoms with Crippen LogP contribution in [0.15, 0.2) is 40.2 Å². The lowest BCUT2D eigenvalue weighted by molar-refractivity contribution is 0.0963. The number of aliphatic imine (C=N–C) groups is 1. The van der Waals surface area contributed by atoms with Gasteiger partial charge in [0, 0.05) is 19.1 Å². The van der Waals surface area contributed by atoms with Crippen LogP contribution >= 0.6 is 0 Å². The number of amides is 1. The first-order chi connectivity index (χ1) is 12.4. The Kier molecular flexibility index (Phi) is 7.26. The Morgan fingerprint density at radius 2 is 1.96 bits per heavy atom. The van der Waals surface area contributed by atoms with Crippen molar-refractivity contribution in [2.75, 3.05) is 32.0 Å². The number of nitrogens with zero attached hydrogens (tertiary/aromatic N) is 2. The summed E-state index contributed by atoms with van der Waals surface area (Å²) in [6.45, 7) is 3.42. The van der Waals surface area contributed by atoms with E-state index in [2.05, 4.69) is 10.3 Å². The van der Waals surface area contributed by atoms with Crippen molar-refractivity contribution in [1.82, 2.24) is 10.2 Å². The fourth-order valence-electron chi connectivity index (χ4n) is 2.71. The van der Waals surface area contributed by atoms with Gasteiger partial charge in [-0.25, -0.2) is 13.2 Å². The first-order valence-corrected chi connectivity index (χ1v) is 10.3. The Hall–Kier alpha value is -2.29. The molecule has 1 aliphatic heterocycles. The number of carbonyl (C=O) groups excluding carboxylic acids is 1. The average Bonchev–Trinajstić information content (AvgIpc) is 2.63. The number of guanidine groups is 1. The normalized spacial score (nSPS) is 16.3. The summed E-state index contributed by atoms with van der Waals surface area (Å²) >= 11 is 0. The molecular formula is C17H26N4O4S. The molecule has 1 heterocycles. The summed E-state index contributed by atoms with van der Waals surface area (Å²) in [7, 11) is -3.36. The van der Waals surface area contributed by atoms with Gasteiger partial charge in [0.05, 0.1) is 23.8 Å². The number of nitrogens with one attached hydrogen (secondary N) is 1. The van der Waals surface area contributed by atoms with Gasteiger partial charge in [0.15, 0.2) is 15.8 Å². The number of hydrogen-bond acceptors (Lipinski definition) is 5. The van der Waals surface area contributed by atoms with Gasteiger partial charge < -0.3 is 20.7 Å². The van der Waals surface area contributed by atoms with Crippen molar-refractivity contribution in [3.63, 3.8) is 0 Å². The van der Waals surface area contributed by atoms with Crippen LogP contribution in [0.1, 0.15) is 19.8 Å². The third-order valence-electron chi connectivity index (χ3n) is 4.12. The van der Waals surface area contributed by atoms with E-state index in [9.17, 15) is 13.2 Å². The van der Waals surface area contributed by atoms with E-state index in [1.807, 2.05) is 0 Å². The number of nitrogens with two attached hydrogens (primary N) is 1. The molecule has 0 aromatic heterocycles. The Balaban J connectivity index is 1.76. The summed E-state index contributed by atoms with van der Waals surface area (Å²) in [4.78, 5) is 17.7. The van der Waals surface area contributed by atoms with Gasteiger partial charge in [-0.2, -0.15) is 0 Å². The monoisotopic (exact) mass is 382 g/mol. The Bertz CT molecular complexity index is 714. The van der Waals surface area contributed by atoms with Crippen LogP contribution < -0.4 is 11.1 Å². The molecule has 0 bridgehead atoms. The molecule has 2 rings (SSSR count). The van der Waals surface area contributed by atoms with Gasteiger partial charge >= 0.3 is 6.09 Å². The molecule has 1 aromatic rings. The highest BCUT2D eigenvalue weighted by atomic mass is 32.2. The van der Waals surface area contributed by atoms with E-state index >= 15 is 0 Å². The lowest BCUT2D eigenvalue weighted by Gasteiger charge is -2.31. The fraction of sp³-hybridized carbons (Fsp3) is 0.529. The van der Waals surface area contributed by atoms with E-state index in [1.165, 1.54) is 0 Å². The maximum atomic E-state index is 12.2. The fourth-order valence-corrected chi connectivity index (χ4v) is 3.85. The van der Waals surface area contributed by atoms with Gasteiger partial charge in [-0.05, 0) is 31.9 Å². The largest absolute Gasteiger partial charge is 0.450 e. The molecule has 1 amide bonds. The maximum Gasteiger partial charge on any atom is 0.409 e. The van der Waals surface area contributed by atoms with E-state index in [0.29, 0.717) is 19.7 Å². The van der Waals surface area contributed by atoms with Gasteiger partial charge in [-0.3, -0.25) is 4.99 Å². The number of ether oxygens (including phenoxy) is 1. The molecule has 1 aliphatic rings. The van der Waals surface area contributed by atoms with E-state index < -0.39 is 9.84 Å². The Labute approximate surface area is 154 Å². The zero-order valence-electron chi connectivity index (χ0n) is 14.9. The van der Waals surface area contributed by atoms with Crippen molar-refractivity contribution in [1.29, 1.82) is 0 Å². The minimum Gasteiger partial charge on any atom is -0.450 e. The van der Waals surface area contributed by atoms with E-state index in [-0.39, 0.29) is 35.3 Å². The molecule has 26 heavy (non-hydrogen) atoms. The smallest absolute Gasteiger partial charge is 0.409 e. The molecule has 0 spiro atoms. The van der Waals surface area contributed by atoms with Crippen LogP contribution in [0, 0.1) is 0 Å². The first-order valence-electron chi connectivity index (χ1n) is 8.68. The number of sulfone groups is 1. The molecule has 0 saturated carbocycles. The van der Waals surface area contributed by atoms with Crippen LogP contribution in [0.4, 0.5) is 4.79 Å². The second-order valence-corrected chi connectivity index (χ2v) is 8.11. The van der Waals surface area contributed by atoms with Crippen LogP contribution in [0.3, 0.4) is 0 Å². The number of hydrogen-bond donors (Lipinski definition) is 2. The molecule has 0 unspecified atom stereocenters. The second kappa shape index (κ2) is 9.42. The minimum absolute atomic E-state index is 0.0950. The standard InChI is InChI=1S/C17H26N4O4S/c1-2-25-17(22)21-11-8-14(9-12-21)20-16(18)19-10-13-26(23,24)15-6-4-3-5-7-15/h3-7,14H,2,8-13H2,1H3,(H3,18,19,20). The van der Waals surface area contributed by atoms with Crippen molar-refractivity contribution < 1.29 is 17.9 Å². The molecule has 8 nitrogen and oxygen atoms in total. The molecule has 1 saturated heterocycles. The van der Waals surface area contributed by atoms with Crippen LogP contribution in [-0.4, -0.2) is 63.4 Å². The molecule has 3 N–H and O–H groups in total. The lowest BCUT2D eigenvalue weighted by Crippen LogP contribution is -2.48. The number of piperidine rings is 1. The SMILES string of the molecule is CCOC(=O)N1CCC(NC(N)=NCCS(=O)(=O)c2ccccc2)CC1. The molecule has 1 aromatic carbocycles. The predicted octanol–water partition coefficient (Wildman–Crippen LogP) is 0.986. The van der Waals surface area contributed by atoms with Gasteiger partial charge in [0.25, 0.3) is 0 Å². The van der Waals surface area contributed by atoms with E-state index in [1.54, 1.807) is 42.2 Å². The Morgan fingerprint density at radius 1 is 1.31 bits per heavy atom. The molecular weight excluding hydrogens is 356 g/mol. The van der Waals surface area contributed by atoms with Crippen LogP contribution in [-0.2, 0) is 14.6 Å². The summed E-state index contributed by atoms with van der Waals surface area (Å²) in [5.74, 6) is 0.128.